The highest BCUT2D eigenvalue weighted by Crippen LogP contribution is 2.38. The molecule has 0 amide bonds. The summed E-state index contributed by atoms with van der Waals surface area (Å²) < 4.78 is 26.3. The van der Waals surface area contributed by atoms with Crippen LogP contribution in [0.25, 0.3) is 0 Å². The lowest BCUT2D eigenvalue weighted by Gasteiger charge is -2.09. The molecule has 1 aromatic rings. The molecule has 1 aliphatic carbocycles. The van der Waals surface area contributed by atoms with Crippen LogP contribution in [-0.2, 0) is 18.8 Å². The number of aliphatic hydroxyl groups is 1. The van der Waals surface area contributed by atoms with E-state index in [1.54, 1.807) is 6.07 Å². The van der Waals surface area contributed by atoms with Crippen LogP contribution < -0.4 is 0 Å². The summed E-state index contributed by atoms with van der Waals surface area (Å²) in [6.45, 7) is -1.09. The standard InChI is InChI=1S/C10H12F2OS/c11-10(12,6-13)9-5-7-3-1-2-4-8(7)14-9/h5,13H,1-4,6H2. The molecule has 1 N–H and O–H groups in total. The van der Waals surface area contributed by atoms with Gasteiger partial charge < -0.3 is 5.11 Å². The maximum atomic E-state index is 13.1. The van der Waals surface area contributed by atoms with Crippen molar-refractivity contribution >= 4 is 11.3 Å². The molecule has 0 aliphatic heterocycles. The summed E-state index contributed by atoms with van der Waals surface area (Å²) >= 11 is 1.16. The number of aryl methyl sites for hydroxylation is 2. The molecule has 1 heterocycles. The number of aliphatic hydroxyl groups excluding tert-OH is 1. The Morgan fingerprint density at radius 2 is 2.07 bits per heavy atom. The quantitative estimate of drug-likeness (QED) is 0.809. The van der Waals surface area contributed by atoms with Crippen molar-refractivity contribution in [2.24, 2.45) is 0 Å². The molecule has 1 aliphatic rings. The third kappa shape index (κ3) is 1.68. The van der Waals surface area contributed by atoms with Crippen molar-refractivity contribution in [1.29, 1.82) is 0 Å². The first-order valence-corrected chi connectivity index (χ1v) is 5.56. The summed E-state index contributed by atoms with van der Waals surface area (Å²) in [5.41, 5.74) is 1.06. The zero-order valence-electron chi connectivity index (χ0n) is 7.72. The van der Waals surface area contributed by atoms with E-state index in [-0.39, 0.29) is 4.88 Å². The van der Waals surface area contributed by atoms with Crippen LogP contribution in [-0.4, -0.2) is 11.7 Å². The fourth-order valence-electron chi connectivity index (χ4n) is 1.75. The van der Waals surface area contributed by atoms with Gasteiger partial charge in [0.25, 0.3) is 0 Å². The van der Waals surface area contributed by atoms with Crippen LogP contribution in [0.15, 0.2) is 6.07 Å². The second kappa shape index (κ2) is 3.59. The highest BCUT2D eigenvalue weighted by atomic mass is 32.1. The van der Waals surface area contributed by atoms with E-state index in [9.17, 15) is 8.78 Å². The van der Waals surface area contributed by atoms with Gasteiger partial charge in [0, 0.05) is 4.88 Å². The Morgan fingerprint density at radius 3 is 2.71 bits per heavy atom. The van der Waals surface area contributed by atoms with Crippen molar-refractivity contribution in [2.45, 2.75) is 31.6 Å². The minimum absolute atomic E-state index is 0.0203. The van der Waals surface area contributed by atoms with E-state index in [1.165, 1.54) is 0 Å². The monoisotopic (exact) mass is 218 g/mol. The van der Waals surface area contributed by atoms with Crippen molar-refractivity contribution in [1.82, 2.24) is 0 Å². The van der Waals surface area contributed by atoms with Gasteiger partial charge >= 0.3 is 5.92 Å². The Hall–Kier alpha value is -0.480. The summed E-state index contributed by atoms with van der Waals surface area (Å²) in [6, 6.07) is 1.56. The molecule has 1 nitrogen and oxygen atoms in total. The van der Waals surface area contributed by atoms with E-state index in [1.807, 2.05) is 0 Å². The van der Waals surface area contributed by atoms with E-state index >= 15 is 0 Å². The van der Waals surface area contributed by atoms with E-state index < -0.39 is 12.5 Å². The lowest BCUT2D eigenvalue weighted by atomic mass is 9.99. The molecule has 0 fully saturated rings. The fourth-order valence-corrected chi connectivity index (χ4v) is 2.97. The van der Waals surface area contributed by atoms with E-state index in [4.69, 9.17) is 5.11 Å². The minimum Gasteiger partial charge on any atom is -0.390 e. The lowest BCUT2D eigenvalue weighted by Crippen LogP contribution is -2.16. The predicted molar refractivity (Wildman–Crippen MR) is 51.9 cm³/mol. The van der Waals surface area contributed by atoms with Gasteiger partial charge in [0.15, 0.2) is 0 Å². The number of hydrogen-bond donors (Lipinski definition) is 1. The summed E-state index contributed by atoms with van der Waals surface area (Å²) in [5, 5.41) is 8.57. The predicted octanol–water partition coefficient (Wildman–Crippen LogP) is 2.71. The average molecular weight is 218 g/mol. The molecular weight excluding hydrogens is 206 g/mol. The van der Waals surface area contributed by atoms with Crippen molar-refractivity contribution in [3.05, 3.63) is 21.4 Å². The largest absolute Gasteiger partial charge is 0.390 e. The van der Waals surface area contributed by atoms with Crippen LogP contribution in [0.4, 0.5) is 8.78 Å². The summed E-state index contributed by atoms with van der Waals surface area (Å²) in [6.07, 6.45) is 4.01. The van der Waals surface area contributed by atoms with Crippen molar-refractivity contribution < 1.29 is 13.9 Å². The van der Waals surface area contributed by atoms with Crippen LogP contribution in [0.3, 0.4) is 0 Å². The molecule has 1 aromatic heterocycles. The zero-order chi connectivity index (χ0) is 10.2. The first kappa shape index (κ1) is 10.1. The molecular formula is C10H12F2OS. The second-order valence-electron chi connectivity index (χ2n) is 3.63. The van der Waals surface area contributed by atoms with Gasteiger partial charge in [-0.3, -0.25) is 0 Å². The Morgan fingerprint density at radius 1 is 1.36 bits per heavy atom. The van der Waals surface area contributed by atoms with Gasteiger partial charge in [-0.05, 0) is 37.3 Å². The summed E-state index contributed by atoms with van der Waals surface area (Å²) in [5.74, 6) is -3.05. The molecule has 0 spiro atoms. The van der Waals surface area contributed by atoms with Crippen molar-refractivity contribution in [2.75, 3.05) is 6.61 Å². The van der Waals surface area contributed by atoms with Gasteiger partial charge in [0.05, 0.1) is 4.88 Å². The Balaban J connectivity index is 2.32. The first-order valence-electron chi connectivity index (χ1n) is 4.74. The molecule has 2 rings (SSSR count). The molecule has 0 radical (unpaired) electrons. The Kier molecular flexibility index (Phi) is 2.58. The third-order valence-corrected chi connectivity index (χ3v) is 3.90. The molecule has 78 valence electrons. The highest BCUT2D eigenvalue weighted by molar-refractivity contribution is 7.12. The maximum absolute atomic E-state index is 13.1. The molecule has 14 heavy (non-hydrogen) atoms. The van der Waals surface area contributed by atoms with Gasteiger partial charge in [0.1, 0.15) is 6.61 Å². The van der Waals surface area contributed by atoms with Crippen molar-refractivity contribution in [3.8, 4) is 0 Å². The molecule has 0 bridgehead atoms. The maximum Gasteiger partial charge on any atom is 0.304 e. The molecule has 0 aromatic carbocycles. The minimum atomic E-state index is -3.05. The van der Waals surface area contributed by atoms with Crippen LogP contribution >= 0.6 is 11.3 Å². The number of thiophene rings is 1. The third-order valence-electron chi connectivity index (χ3n) is 2.56. The number of halogens is 2. The number of alkyl halides is 2. The second-order valence-corrected chi connectivity index (χ2v) is 4.77. The molecule has 0 unspecified atom stereocenters. The molecule has 0 saturated heterocycles. The topological polar surface area (TPSA) is 20.2 Å². The van der Waals surface area contributed by atoms with Gasteiger partial charge in [-0.15, -0.1) is 11.3 Å². The summed E-state index contributed by atoms with van der Waals surface area (Å²) in [4.78, 5) is 1.10. The summed E-state index contributed by atoms with van der Waals surface area (Å²) in [7, 11) is 0. The smallest absolute Gasteiger partial charge is 0.304 e. The lowest BCUT2D eigenvalue weighted by molar-refractivity contribution is -0.0524. The zero-order valence-corrected chi connectivity index (χ0v) is 8.54. The molecule has 0 atom stereocenters. The van der Waals surface area contributed by atoms with Gasteiger partial charge in [-0.25, -0.2) is 0 Å². The normalized spacial score (nSPS) is 16.8. The van der Waals surface area contributed by atoms with Crippen LogP contribution in [0.2, 0.25) is 0 Å². The van der Waals surface area contributed by atoms with Crippen LogP contribution in [0.5, 0.6) is 0 Å². The van der Waals surface area contributed by atoms with E-state index in [0.29, 0.717) is 0 Å². The van der Waals surface area contributed by atoms with Gasteiger partial charge in [-0.2, -0.15) is 8.78 Å². The van der Waals surface area contributed by atoms with Crippen LogP contribution in [0, 0.1) is 0 Å². The first-order chi connectivity index (χ1) is 6.63. The Bertz CT molecular complexity index is 309. The van der Waals surface area contributed by atoms with Gasteiger partial charge in [0.2, 0.25) is 0 Å². The Labute approximate surface area is 85.4 Å². The molecule has 4 heteroatoms. The average Bonchev–Trinajstić information content (AvgIpc) is 2.61. The van der Waals surface area contributed by atoms with Crippen LogP contribution in [0.1, 0.15) is 28.2 Å². The number of hydrogen-bond acceptors (Lipinski definition) is 2. The number of rotatable bonds is 2. The SMILES string of the molecule is OCC(F)(F)c1cc2c(s1)CCCC2. The van der Waals surface area contributed by atoms with Gasteiger partial charge in [-0.1, -0.05) is 0 Å². The molecule has 0 saturated carbocycles. The number of fused-ring (bicyclic) bond motifs is 1. The van der Waals surface area contributed by atoms with E-state index in [2.05, 4.69) is 0 Å². The van der Waals surface area contributed by atoms with E-state index in [0.717, 1.165) is 47.5 Å². The van der Waals surface area contributed by atoms with Crippen molar-refractivity contribution in [3.63, 3.8) is 0 Å². The fraction of sp³-hybridized carbons (Fsp3) is 0.600. The highest BCUT2D eigenvalue weighted by Gasteiger charge is 2.33.